The van der Waals surface area contributed by atoms with Crippen LogP contribution in [-0.4, -0.2) is 48.2 Å². The van der Waals surface area contributed by atoms with E-state index in [0.29, 0.717) is 5.88 Å². The molecule has 1 aromatic heterocycles. The van der Waals surface area contributed by atoms with Crippen LogP contribution in [0.3, 0.4) is 0 Å². The van der Waals surface area contributed by atoms with Gasteiger partial charge in [-0.3, -0.25) is 9.69 Å². The van der Waals surface area contributed by atoms with Gasteiger partial charge in [-0.25, -0.2) is 4.98 Å². The van der Waals surface area contributed by atoms with Crippen LogP contribution in [0.2, 0.25) is 0 Å². The Morgan fingerprint density at radius 2 is 2.16 bits per heavy atom. The Labute approximate surface area is 113 Å². The lowest BCUT2D eigenvalue weighted by Crippen LogP contribution is -2.46. The zero-order valence-corrected chi connectivity index (χ0v) is 11.4. The molecule has 0 N–H and O–H groups in total. The molecule has 5 nitrogen and oxygen atoms in total. The van der Waals surface area contributed by atoms with Gasteiger partial charge in [-0.15, -0.1) is 0 Å². The van der Waals surface area contributed by atoms with Gasteiger partial charge in [0.1, 0.15) is 12.1 Å². The second-order valence-electron chi connectivity index (χ2n) is 4.72. The first-order valence-corrected chi connectivity index (χ1v) is 6.60. The quantitative estimate of drug-likeness (QED) is 0.771. The smallest absolute Gasteiger partial charge is 0.322 e. The summed E-state index contributed by atoms with van der Waals surface area (Å²) in [4.78, 5) is 17.8. The van der Waals surface area contributed by atoms with Gasteiger partial charge in [-0.1, -0.05) is 6.07 Å². The summed E-state index contributed by atoms with van der Waals surface area (Å²) in [5.74, 6) is 0.492. The molecular weight excluding hydrogens is 244 g/mol. The molecule has 0 radical (unpaired) electrons. The van der Waals surface area contributed by atoms with Gasteiger partial charge in [-0.2, -0.15) is 0 Å². The molecule has 0 bridgehead atoms. The van der Waals surface area contributed by atoms with Crippen molar-refractivity contribution in [2.75, 3.05) is 20.2 Å². The molecule has 5 heteroatoms. The van der Waals surface area contributed by atoms with Gasteiger partial charge < -0.3 is 9.47 Å². The van der Waals surface area contributed by atoms with Crippen molar-refractivity contribution in [3.63, 3.8) is 0 Å². The number of esters is 1. The van der Waals surface area contributed by atoms with Crippen molar-refractivity contribution in [2.24, 2.45) is 0 Å². The minimum atomic E-state index is -0.180. The van der Waals surface area contributed by atoms with Crippen LogP contribution in [0.4, 0.5) is 0 Å². The summed E-state index contributed by atoms with van der Waals surface area (Å²) in [7, 11) is 1.43. The highest BCUT2D eigenvalue weighted by atomic mass is 16.5. The summed E-state index contributed by atoms with van der Waals surface area (Å²) in [6.07, 6.45) is 3.70. The summed E-state index contributed by atoms with van der Waals surface area (Å²) in [5.41, 5.74) is 0. The average molecular weight is 264 g/mol. The van der Waals surface area contributed by atoms with Crippen molar-refractivity contribution in [2.45, 2.75) is 31.9 Å². The summed E-state index contributed by atoms with van der Waals surface area (Å²) in [5, 5.41) is 0. The number of nitrogens with zero attached hydrogens (tertiary/aromatic N) is 2. The topological polar surface area (TPSA) is 51.7 Å². The van der Waals surface area contributed by atoms with E-state index < -0.39 is 0 Å². The Hall–Kier alpha value is -1.62. The first kappa shape index (κ1) is 13.8. The van der Waals surface area contributed by atoms with Crippen LogP contribution in [-0.2, 0) is 9.53 Å². The molecule has 0 saturated carbocycles. The van der Waals surface area contributed by atoms with E-state index in [1.54, 1.807) is 6.20 Å². The van der Waals surface area contributed by atoms with Gasteiger partial charge in [0.05, 0.1) is 7.11 Å². The lowest BCUT2D eigenvalue weighted by molar-refractivity contribution is -0.147. The monoisotopic (exact) mass is 264 g/mol. The number of likely N-dealkylation sites (tertiary alicyclic amines) is 1. The maximum Gasteiger partial charge on any atom is 0.322 e. The van der Waals surface area contributed by atoms with Crippen molar-refractivity contribution >= 4 is 5.97 Å². The fraction of sp³-hybridized carbons (Fsp3) is 0.571. The predicted molar refractivity (Wildman–Crippen MR) is 70.9 cm³/mol. The summed E-state index contributed by atoms with van der Waals surface area (Å²) in [6, 6.07) is 5.47. The summed E-state index contributed by atoms with van der Waals surface area (Å²) < 4.78 is 10.6. The fourth-order valence-electron chi connectivity index (χ4n) is 2.29. The Balaban J connectivity index is 1.81. The molecule has 0 unspecified atom stereocenters. The molecule has 2 heterocycles. The van der Waals surface area contributed by atoms with Crippen LogP contribution in [0, 0.1) is 0 Å². The molecule has 2 rings (SSSR count). The molecule has 1 atom stereocenters. The number of ether oxygens (including phenoxy) is 2. The highest BCUT2D eigenvalue weighted by molar-refractivity contribution is 5.75. The van der Waals surface area contributed by atoms with Gasteiger partial charge in [0.15, 0.2) is 0 Å². The molecule has 104 valence electrons. The second-order valence-corrected chi connectivity index (χ2v) is 4.72. The van der Waals surface area contributed by atoms with E-state index in [1.165, 1.54) is 7.11 Å². The van der Waals surface area contributed by atoms with Crippen molar-refractivity contribution < 1.29 is 14.3 Å². The predicted octanol–water partition coefficient (Wildman–Crippen LogP) is 1.49. The summed E-state index contributed by atoms with van der Waals surface area (Å²) >= 11 is 0. The van der Waals surface area contributed by atoms with Crippen molar-refractivity contribution in [1.82, 2.24) is 9.88 Å². The number of pyridine rings is 1. The van der Waals surface area contributed by atoms with Gasteiger partial charge in [0.2, 0.25) is 5.88 Å². The van der Waals surface area contributed by atoms with Crippen LogP contribution >= 0.6 is 0 Å². The number of carbonyl (C=O) groups excluding carboxylic acids is 1. The first-order valence-electron chi connectivity index (χ1n) is 6.60. The third-order valence-electron chi connectivity index (χ3n) is 3.49. The van der Waals surface area contributed by atoms with E-state index >= 15 is 0 Å². The average Bonchev–Trinajstić information content (AvgIpc) is 2.47. The molecule has 1 aliphatic rings. The first-order chi connectivity index (χ1) is 9.20. The SMILES string of the molecule is COC(=O)[C@H](C)N1CCC(Oc2ccccn2)CC1. The molecule has 1 saturated heterocycles. The standard InChI is InChI=1S/C14H20N2O3/c1-11(14(17)18-2)16-9-6-12(7-10-16)19-13-5-3-4-8-15-13/h3-5,8,11-12H,6-7,9-10H2,1-2H3/t11-/m0/s1. The zero-order valence-electron chi connectivity index (χ0n) is 11.4. The van der Waals surface area contributed by atoms with Crippen LogP contribution in [0.15, 0.2) is 24.4 Å². The van der Waals surface area contributed by atoms with Gasteiger partial charge in [0.25, 0.3) is 0 Å². The van der Waals surface area contributed by atoms with Crippen LogP contribution in [0.25, 0.3) is 0 Å². The Bertz CT molecular complexity index is 402. The molecular formula is C14H20N2O3. The van der Waals surface area contributed by atoms with E-state index in [4.69, 9.17) is 9.47 Å². The molecule has 1 aromatic rings. The molecule has 1 fully saturated rings. The maximum absolute atomic E-state index is 11.5. The molecule has 19 heavy (non-hydrogen) atoms. The highest BCUT2D eigenvalue weighted by Crippen LogP contribution is 2.18. The number of methoxy groups -OCH3 is 1. The highest BCUT2D eigenvalue weighted by Gasteiger charge is 2.27. The maximum atomic E-state index is 11.5. The van der Waals surface area contributed by atoms with Crippen molar-refractivity contribution in [3.05, 3.63) is 24.4 Å². The van der Waals surface area contributed by atoms with Crippen LogP contribution in [0.5, 0.6) is 5.88 Å². The van der Waals surface area contributed by atoms with E-state index in [1.807, 2.05) is 25.1 Å². The number of hydrogen-bond acceptors (Lipinski definition) is 5. The fourth-order valence-corrected chi connectivity index (χ4v) is 2.29. The second kappa shape index (κ2) is 6.52. The summed E-state index contributed by atoms with van der Waals surface area (Å²) in [6.45, 7) is 3.56. The largest absolute Gasteiger partial charge is 0.474 e. The van der Waals surface area contributed by atoms with E-state index in [9.17, 15) is 4.79 Å². The Morgan fingerprint density at radius 1 is 1.42 bits per heavy atom. The van der Waals surface area contributed by atoms with Crippen molar-refractivity contribution in [1.29, 1.82) is 0 Å². The minimum Gasteiger partial charge on any atom is -0.474 e. The molecule has 0 amide bonds. The molecule has 0 aliphatic carbocycles. The lowest BCUT2D eigenvalue weighted by atomic mass is 10.1. The van der Waals surface area contributed by atoms with Gasteiger partial charge >= 0.3 is 5.97 Å². The van der Waals surface area contributed by atoms with E-state index in [2.05, 4.69) is 9.88 Å². The van der Waals surface area contributed by atoms with Crippen LogP contribution in [0.1, 0.15) is 19.8 Å². The van der Waals surface area contributed by atoms with Crippen LogP contribution < -0.4 is 4.74 Å². The molecule has 0 aromatic carbocycles. The molecule has 1 aliphatic heterocycles. The number of rotatable bonds is 4. The minimum absolute atomic E-state index is 0.177. The third-order valence-corrected chi connectivity index (χ3v) is 3.49. The van der Waals surface area contributed by atoms with E-state index in [-0.39, 0.29) is 18.1 Å². The lowest BCUT2D eigenvalue weighted by Gasteiger charge is -2.34. The Morgan fingerprint density at radius 3 is 2.74 bits per heavy atom. The van der Waals surface area contributed by atoms with Gasteiger partial charge in [0, 0.05) is 25.4 Å². The number of piperidine rings is 1. The normalized spacial score (nSPS) is 18.8. The number of carbonyl (C=O) groups is 1. The van der Waals surface area contributed by atoms with Gasteiger partial charge in [-0.05, 0) is 25.8 Å². The Kier molecular flexibility index (Phi) is 4.74. The number of hydrogen-bond donors (Lipinski definition) is 0. The zero-order chi connectivity index (χ0) is 13.7. The number of aromatic nitrogens is 1. The van der Waals surface area contributed by atoms with E-state index in [0.717, 1.165) is 25.9 Å². The van der Waals surface area contributed by atoms with Crippen molar-refractivity contribution in [3.8, 4) is 5.88 Å². The third kappa shape index (κ3) is 3.67. The molecule has 0 spiro atoms.